The molecule has 2 aromatic heterocycles. The van der Waals surface area contributed by atoms with Crippen molar-refractivity contribution in [2.75, 3.05) is 11.0 Å². The number of aromatic nitrogens is 2. The zero-order valence-electron chi connectivity index (χ0n) is 12.1. The van der Waals surface area contributed by atoms with Gasteiger partial charge in [-0.1, -0.05) is 5.16 Å². The molecule has 0 aliphatic carbocycles. The van der Waals surface area contributed by atoms with E-state index in [9.17, 15) is 8.42 Å². The van der Waals surface area contributed by atoms with Crippen molar-refractivity contribution < 1.29 is 17.4 Å². The number of rotatable bonds is 5. The Bertz CT molecular complexity index is 910. The van der Waals surface area contributed by atoms with Crippen LogP contribution in [-0.2, 0) is 10.0 Å². The summed E-state index contributed by atoms with van der Waals surface area (Å²) in [6, 6.07) is 10.3. The number of anilines is 1. The van der Waals surface area contributed by atoms with Crippen LogP contribution in [0, 0.1) is 0 Å². The van der Waals surface area contributed by atoms with Crippen molar-refractivity contribution in [3.8, 4) is 11.4 Å². The van der Waals surface area contributed by atoms with Crippen molar-refractivity contribution in [2.24, 2.45) is 0 Å². The Morgan fingerprint density at radius 1 is 1.13 bits per heavy atom. The molecule has 0 radical (unpaired) electrons. The van der Waals surface area contributed by atoms with Crippen LogP contribution in [0.4, 0.5) is 5.69 Å². The second-order valence-electron chi connectivity index (χ2n) is 4.76. The molecule has 3 aromatic rings. The Balaban J connectivity index is 1.75. The van der Waals surface area contributed by atoms with Gasteiger partial charge in [0.25, 0.3) is 5.89 Å². The molecule has 0 aliphatic rings. The van der Waals surface area contributed by atoms with E-state index in [-0.39, 0.29) is 0 Å². The van der Waals surface area contributed by atoms with Gasteiger partial charge >= 0.3 is 0 Å². The number of nitrogens with one attached hydrogen (secondary N) is 1. The first kappa shape index (κ1) is 15.0. The van der Waals surface area contributed by atoms with Crippen LogP contribution in [0.25, 0.3) is 23.5 Å². The Morgan fingerprint density at radius 2 is 1.91 bits per heavy atom. The zero-order valence-corrected chi connectivity index (χ0v) is 12.9. The highest BCUT2D eigenvalue weighted by atomic mass is 32.2. The quantitative estimate of drug-likeness (QED) is 0.772. The van der Waals surface area contributed by atoms with Gasteiger partial charge in [0.15, 0.2) is 0 Å². The summed E-state index contributed by atoms with van der Waals surface area (Å²) < 4.78 is 35.0. The van der Waals surface area contributed by atoms with Gasteiger partial charge in [-0.15, -0.1) is 0 Å². The van der Waals surface area contributed by atoms with E-state index in [0.29, 0.717) is 28.7 Å². The SMILES string of the molecule is CS(=O)(=O)Nc1ccc(-c2noc(/C=C/c3ccco3)n2)cc1. The first-order chi connectivity index (χ1) is 11.0. The van der Waals surface area contributed by atoms with Gasteiger partial charge in [-0.3, -0.25) is 4.72 Å². The van der Waals surface area contributed by atoms with Crippen molar-refractivity contribution in [3.63, 3.8) is 0 Å². The summed E-state index contributed by atoms with van der Waals surface area (Å²) in [6.07, 6.45) is 6.04. The lowest BCUT2D eigenvalue weighted by molar-refractivity contribution is 0.411. The van der Waals surface area contributed by atoms with Crippen LogP contribution >= 0.6 is 0 Å². The van der Waals surface area contributed by atoms with Crippen molar-refractivity contribution in [3.05, 3.63) is 54.3 Å². The third-order valence-corrected chi connectivity index (χ3v) is 3.43. The summed E-state index contributed by atoms with van der Waals surface area (Å²) in [6.45, 7) is 0. The highest BCUT2D eigenvalue weighted by Crippen LogP contribution is 2.20. The first-order valence-corrected chi connectivity index (χ1v) is 8.52. The van der Waals surface area contributed by atoms with Crippen molar-refractivity contribution in [2.45, 2.75) is 0 Å². The van der Waals surface area contributed by atoms with E-state index in [4.69, 9.17) is 8.94 Å². The molecule has 0 spiro atoms. The summed E-state index contributed by atoms with van der Waals surface area (Å²) >= 11 is 0. The number of benzene rings is 1. The van der Waals surface area contributed by atoms with Gasteiger partial charge in [-0.05, 0) is 42.5 Å². The largest absolute Gasteiger partial charge is 0.465 e. The Kier molecular flexibility index (Phi) is 3.98. The van der Waals surface area contributed by atoms with Crippen LogP contribution in [0.2, 0.25) is 0 Å². The van der Waals surface area contributed by atoms with E-state index in [1.807, 2.05) is 0 Å². The molecule has 0 amide bonds. The monoisotopic (exact) mass is 331 g/mol. The number of sulfonamides is 1. The van der Waals surface area contributed by atoms with Crippen LogP contribution < -0.4 is 4.72 Å². The maximum absolute atomic E-state index is 11.2. The lowest BCUT2D eigenvalue weighted by atomic mass is 10.2. The zero-order chi connectivity index (χ0) is 16.3. The van der Waals surface area contributed by atoms with Gasteiger partial charge in [-0.2, -0.15) is 4.98 Å². The van der Waals surface area contributed by atoms with Crippen molar-refractivity contribution in [1.82, 2.24) is 10.1 Å². The molecule has 8 heteroatoms. The van der Waals surface area contributed by atoms with E-state index in [2.05, 4.69) is 14.9 Å². The molecule has 0 saturated heterocycles. The third-order valence-electron chi connectivity index (χ3n) is 2.82. The predicted octanol–water partition coefficient (Wildman–Crippen LogP) is 2.87. The molecule has 3 rings (SSSR count). The normalized spacial score (nSPS) is 11.9. The van der Waals surface area contributed by atoms with Gasteiger partial charge in [0.05, 0.1) is 12.5 Å². The fourth-order valence-electron chi connectivity index (χ4n) is 1.86. The lowest BCUT2D eigenvalue weighted by Crippen LogP contribution is -2.09. The van der Waals surface area contributed by atoms with E-state index < -0.39 is 10.0 Å². The summed E-state index contributed by atoms with van der Waals surface area (Å²) in [5, 5.41) is 3.88. The van der Waals surface area contributed by atoms with E-state index in [1.165, 1.54) is 0 Å². The molecular weight excluding hydrogens is 318 g/mol. The fourth-order valence-corrected chi connectivity index (χ4v) is 2.43. The fraction of sp³-hybridized carbons (Fsp3) is 0.0667. The van der Waals surface area contributed by atoms with Crippen molar-refractivity contribution in [1.29, 1.82) is 0 Å². The molecule has 118 valence electrons. The second-order valence-corrected chi connectivity index (χ2v) is 6.51. The van der Waals surface area contributed by atoms with Gasteiger partial charge in [-0.25, -0.2) is 8.42 Å². The molecule has 0 bridgehead atoms. The number of hydrogen-bond acceptors (Lipinski definition) is 6. The van der Waals surface area contributed by atoms with E-state index in [0.717, 1.165) is 6.26 Å². The molecular formula is C15H13N3O4S. The minimum Gasteiger partial charge on any atom is -0.465 e. The molecule has 0 atom stereocenters. The average molecular weight is 331 g/mol. The molecule has 0 saturated carbocycles. The minimum absolute atomic E-state index is 0.342. The predicted molar refractivity (Wildman–Crippen MR) is 85.8 cm³/mol. The maximum atomic E-state index is 11.2. The number of furan rings is 1. The number of nitrogens with zero attached hydrogens (tertiary/aromatic N) is 2. The Labute approximate surface area is 132 Å². The van der Waals surface area contributed by atoms with Gasteiger partial charge in [0.2, 0.25) is 15.8 Å². The van der Waals surface area contributed by atoms with Crippen LogP contribution in [0.15, 0.2) is 51.6 Å². The smallest absolute Gasteiger partial charge is 0.251 e. The lowest BCUT2D eigenvalue weighted by Gasteiger charge is -2.03. The maximum Gasteiger partial charge on any atom is 0.251 e. The van der Waals surface area contributed by atoms with Crippen LogP contribution in [0.3, 0.4) is 0 Å². The molecule has 1 N–H and O–H groups in total. The molecule has 0 aliphatic heterocycles. The highest BCUT2D eigenvalue weighted by molar-refractivity contribution is 7.92. The molecule has 2 heterocycles. The van der Waals surface area contributed by atoms with Crippen LogP contribution in [0.1, 0.15) is 11.7 Å². The summed E-state index contributed by atoms with van der Waals surface area (Å²) in [5.74, 6) is 1.44. The molecule has 1 aromatic carbocycles. The molecule has 0 fully saturated rings. The molecule has 23 heavy (non-hydrogen) atoms. The van der Waals surface area contributed by atoms with Crippen LogP contribution in [-0.4, -0.2) is 24.8 Å². The summed E-state index contributed by atoms with van der Waals surface area (Å²) in [7, 11) is -3.30. The standard InChI is InChI=1S/C15H13N3O4S/c1-23(19,20)18-12-6-4-11(5-7-12)15-16-14(22-17-15)9-8-13-3-2-10-21-13/h2-10,18H,1H3/b9-8+. The average Bonchev–Trinajstić information content (AvgIpc) is 3.16. The van der Waals surface area contributed by atoms with E-state index >= 15 is 0 Å². The summed E-state index contributed by atoms with van der Waals surface area (Å²) in [4.78, 5) is 4.24. The highest BCUT2D eigenvalue weighted by Gasteiger charge is 2.08. The van der Waals surface area contributed by atoms with Gasteiger partial charge in [0.1, 0.15) is 5.76 Å². The topological polar surface area (TPSA) is 98.2 Å². The van der Waals surface area contributed by atoms with Crippen molar-refractivity contribution >= 4 is 27.9 Å². The van der Waals surface area contributed by atoms with E-state index in [1.54, 1.807) is 54.8 Å². The van der Waals surface area contributed by atoms with Crippen LogP contribution in [0.5, 0.6) is 0 Å². The molecule has 7 nitrogen and oxygen atoms in total. The molecule has 0 unspecified atom stereocenters. The third kappa shape index (κ3) is 4.07. The van der Waals surface area contributed by atoms with Gasteiger partial charge in [0, 0.05) is 17.3 Å². The summed E-state index contributed by atoms with van der Waals surface area (Å²) in [5.41, 5.74) is 1.18. The van der Waals surface area contributed by atoms with Gasteiger partial charge < -0.3 is 8.94 Å². The Hall–Kier alpha value is -2.87. The second kappa shape index (κ2) is 6.09. The first-order valence-electron chi connectivity index (χ1n) is 6.63. The minimum atomic E-state index is -3.30. The Morgan fingerprint density at radius 3 is 2.57 bits per heavy atom. The number of hydrogen-bond donors (Lipinski definition) is 1.